The average Bonchev–Trinajstić information content (AvgIpc) is 2.88. The average molecular weight is 324 g/mol. The van der Waals surface area contributed by atoms with Gasteiger partial charge < -0.3 is 10.1 Å². The van der Waals surface area contributed by atoms with E-state index in [-0.39, 0.29) is 11.9 Å². The molecule has 1 amide bonds. The van der Waals surface area contributed by atoms with Crippen molar-refractivity contribution in [2.75, 3.05) is 6.61 Å². The Morgan fingerprint density at radius 2 is 2.00 bits per heavy atom. The predicted molar refractivity (Wildman–Crippen MR) is 87.2 cm³/mol. The number of amides is 1. The van der Waals surface area contributed by atoms with E-state index in [1.54, 1.807) is 0 Å². The van der Waals surface area contributed by atoms with E-state index in [2.05, 4.69) is 5.32 Å². The molecule has 1 N–H and O–H groups in total. The summed E-state index contributed by atoms with van der Waals surface area (Å²) in [6, 6.07) is 11.3. The number of carbonyl (C=O) groups is 1. The molecule has 0 radical (unpaired) electrons. The number of rotatable bonds is 6. The number of thiophene rings is 1. The molecule has 1 aromatic heterocycles. The number of carbonyl (C=O) groups excluding carboxylic acids is 1. The van der Waals surface area contributed by atoms with Crippen LogP contribution in [0.3, 0.4) is 0 Å². The molecule has 0 aliphatic rings. The van der Waals surface area contributed by atoms with Gasteiger partial charge in [-0.25, -0.2) is 0 Å². The van der Waals surface area contributed by atoms with Crippen molar-refractivity contribution in [3.63, 3.8) is 0 Å². The first-order chi connectivity index (χ1) is 10.1. The van der Waals surface area contributed by atoms with Crippen molar-refractivity contribution in [2.45, 2.75) is 26.3 Å². The van der Waals surface area contributed by atoms with Crippen LogP contribution in [0.2, 0.25) is 4.34 Å². The fraction of sp³-hybridized carbons (Fsp3) is 0.312. The van der Waals surface area contributed by atoms with Crippen LogP contribution in [0.5, 0.6) is 5.75 Å². The second-order valence-corrected chi connectivity index (χ2v) is 6.43. The topological polar surface area (TPSA) is 38.3 Å². The third-order valence-corrected chi connectivity index (χ3v) is 4.41. The highest BCUT2D eigenvalue weighted by Gasteiger charge is 2.12. The first-order valence-electron chi connectivity index (χ1n) is 6.85. The number of benzene rings is 1. The van der Waals surface area contributed by atoms with E-state index in [1.165, 1.54) is 11.3 Å². The SMILES string of the molecule is CCOc1ccc(CC(=O)NC(C)c2ccc(Cl)s2)cc1. The van der Waals surface area contributed by atoms with E-state index >= 15 is 0 Å². The normalized spacial score (nSPS) is 12.0. The van der Waals surface area contributed by atoms with Gasteiger partial charge in [-0.1, -0.05) is 23.7 Å². The molecular formula is C16H18ClNO2S. The maximum atomic E-state index is 12.0. The molecule has 1 heterocycles. The van der Waals surface area contributed by atoms with Crippen LogP contribution >= 0.6 is 22.9 Å². The van der Waals surface area contributed by atoms with Crippen molar-refractivity contribution < 1.29 is 9.53 Å². The van der Waals surface area contributed by atoms with Crippen molar-refractivity contribution in [2.24, 2.45) is 0 Å². The quantitative estimate of drug-likeness (QED) is 0.864. The Bertz CT molecular complexity index is 595. The summed E-state index contributed by atoms with van der Waals surface area (Å²) in [5, 5.41) is 2.98. The Morgan fingerprint density at radius 3 is 2.57 bits per heavy atom. The van der Waals surface area contributed by atoms with Gasteiger partial charge in [0.05, 0.1) is 23.4 Å². The van der Waals surface area contributed by atoms with Gasteiger partial charge in [0.15, 0.2) is 0 Å². The summed E-state index contributed by atoms with van der Waals surface area (Å²) >= 11 is 7.39. The molecule has 0 saturated carbocycles. The minimum absolute atomic E-state index is 0.00353. The van der Waals surface area contributed by atoms with Crippen LogP contribution in [0.1, 0.15) is 30.3 Å². The number of hydrogen-bond acceptors (Lipinski definition) is 3. The maximum Gasteiger partial charge on any atom is 0.224 e. The minimum atomic E-state index is -0.0299. The summed E-state index contributed by atoms with van der Waals surface area (Å²) in [7, 11) is 0. The molecule has 1 atom stereocenters. The van der Waals surface area contributed by atoms with Crippen LogP contribution in [0.25, 0.3) is 0 Å². The standard InChI is InChI=1S/C16H18ClNO2S/c1-3-20-13-6-4-12(5-7-13)10-16(19)18-11(2)14-8-9-15(17)21-14/h4-9,11H,3,10H2,1-2H3,(H,18,19). The van der Waals surface area contributed by atoms with Crippen molar-refractivity contribution in [1.82, 2.24) is 5.32 Å². The van der Waals surface area contributed by atoms with Gasteiger partial charge in [0, 0.05) is 4.88 Å². The molecule has 1 aromatic carbocycles. The van der Waals surface area contributed by atoms with Gasteiger partial charge in [-0.05, 0) is 43.7 Å². The summed E-state index contributed by atoms with van der Waals surface area (Å²) in [5.41, 5.74) is 0.965. The Kier molecular flexibility index (Phi) is 5.65. The number of halogens is 1. The first kappa shape index (κ1) is 15.9. The van der Waals surface area contributed by atoms with Gasteiger partial charge in [-0.3, -0.25) is 4.79 Å². The largest absolute Gasteiger partial charge is 0.494 e. The molecule has 0 bridgehead atoms. The lowest BCUT2D eigenvalue weighted by molar-refractivity contribution is -0.121. The van der Waals surface area contributed by atoms with E-state index < -0.39 is 0 Å². The molecule has 21 heavy (non-hydrogen) atoms. The number of ether oxygens (including phenoxy) is 1. The highest BCUT2D eigenvalue weighted by molar-refractivity contribution is 7.16. The summed E-state index contributed by atoms with van der Waals surface area (Å²) in [6.07, 6.45) is 0.357. The molecular weight excluding hydrogens is 306 g/mol. The Morgan fingerprint density at radius 1 is 1.29 bits per heavy atom. The lowest BCUT2D eigenvalue weighted by Gasteiger charge is -2.12. The van der Waals surface area contributed by atoms with E-state index in [9.17, 15) is 4.79 Å². The maximum absolute atomic E-state index is 12.0. The van der Waals surface area contributed by atoms with Gasteiger partial charge in [0.1, 0.15) is 5.75 Å². The van der Waals surface area contributed by atoms with E-state index in [0.29, 0.717) is 13.0 Å². The molecule has 2 aromatic rings. The second kappa shape index (κ2) is 7.48. The predicted octanol–water partition coefficient (Wildman–Crippen LogP) is 4.22. The van der Waals surface area contributed by atoms with E-state index in [0.717, 1.165) is 20.5 Å². The summed E-state index contributed by atoms with van der Waals surface area (Å²) in [6.45, 7) is 4.54. The molecule has 2 rings (SSSR count). The zero-order valence-corrected chi connectivity index (χ0v) is 13.6. The fourth-order valence-electron chi connectivity index (χ4n) is 1.98. The molecule has 5 heteroatoms. The monoisotopic (exact) mass is 323 g/mol. The second-order valence-electron chi connectivity index (χ2n) is 4.68. The molecule has 112 valence electrons. The van der Waals surface area contributed by atoms with Gasteiger partial charge in [0.25, 0.3) is 0 Å². The van der Waals surface area contributed by atoms with Gasteiger partial charge in [0.2, 0.25) is 5.91 Å². The number of nitrogens with one attached hydrogen (secondary N) is 1. The summed E-state index contributed by atoms with van der Waals surface area (Å²) in [5.74, 6) is 0.819. The van der Waals surface area contributed by atoms with Gasteiger partial charge in [-0.15, -0.1) is 11.3 Å². The fourth-order valence-corrected chi connectivity index (χ4v) is 3.04. The zero-order valence-electron chi connectivity index (χ0n) is 12.1. The zero-order chi connectivity index (χ0) is 15.2. The molecule has 0 spiro atoms. The molecule has 0 aliphatic heterocycles. The summed E-state index contributed by atoms with van der Waals surface area (Å²) < 4.78 is 6.11. The van der Waals surface area contributed by atoms with Gasteiger partial charge in [-0.2, -0.15) is 0 Å². The third-order valence-electron chi connectivity index (χ3n) is 3.00. The molecule has 3 nitrogen and oxygen atoms in total. The van der Waals surface area contributed by atoms with Crippen LogP contribution in [0, 0.1) is 0 Å². The van der Waals surface area contributed by atoms with Crippen LogP contribution < -0.4 is 10.1 Å². The highest BCUT2D eigenvalue weighted by atomic mass is 35.5. The van der Waals surface area contributed by atoms with E-state index in [4.69, 9.17) is 16.3 Å². The number of hydrogen-bond donors (Lipinski definition) is 1. The van der Waals surface area contributed by atoms with Crippen molar-refractivity contribution in [1.29, 1.82) is 0 Å². The lowest BCUT2D eigenvalue weighted by atomic mass is 10.1. The van der Waals surface area contributed by atoms with Crippen LogP contribution in [0.4, 0.5) is 0 Å². The minimum Gasteiger partial charge on any atom is -0.494 e. The molecule has 0 saturated heterocycles. The smallest absolute Gasteiger partial charge is 0.224 e. The Labute approximate surface area is 133 Å². The van der Waals surface area contributed by atoms with Crippen LogP contribution in [-0.2, 0) is 11.2 Å². The van der Waals surface area contributed by atoms with Crippen molar-refractivity contribution in [3.8, 4) is 5.75 Å². The van der Waals surface area contributed by atoms with Crippen LogP contribution in [0.15, 0.2) is 36.4 Å². The molecule has 0 aliphatic carbocycles. The van der Waals surface area contributed by atoms with Crippen LogP contribution in [-0.4, -0.2) is 12.5 Å². The van der Waals surface area contributed by atoms with E-state index in [1.807, 2.05) is 50.2 Å². The van der Waals surface area contributed by atoms with Gasteiger partial charge >= 0.3 is 0 Å². The van der Waals surface area contributed by atoms with Crippen molar-refractivity contribution >= 4 is 28.8 Å². The Balaban J connectivity index is 1.89. The lowest BCUT2D eigenvalue weighted by Crippen LogP contribution is -2.27. The summed E-state index contributed by atoms with van der Waals surface area (Å²) in [4.78, 5) is 13.1. The third kappa shape index (κ3) is 4.76. The first-order valence-corrected chi connectivity index (χ1v) is 8.04. The Hall–Kier alpha value is -1.52. The molecule has 0 fully saturated rings. The highest BCUT2D eigenvalue weighted by Crippen LogP contribution is 2.26. The van der Waals surface area contributed by atoms with Crippen molar-refractivity contribution in [3.05, 3.63) is 51.2 Å². The molecule has 1 unspecified atom stereocenters.